The first kappa shape index (κ1) is 18.1. The Bertz CT molecular complexity index is 1100. The van der Waals surface area contributed by atoms with Crippen LogP contribution >= 0.6 is 0 Å². The number of carbonyl (C=O) groups excluding carboxylic acids is 1. The molecule has 1 aromatic carbocycles. The summed E-state index contributed by atoms with van der Waals surface area (Å²) >= 11 is 0. The Hall–Kier alpha value is -3.26. The zero-order valence-electron chi connectivity index (χ0n) is 14.9. The minimum atomic E-state index is -3.74. The number of benzene rings is 1. The first-order chi connectivity index (χ1) is 13.5. The number of sulfonamides is 1. The topological polar surface area (TPSA) is 92.3 Å². The van der Waals surface area contributed by atoms with Gasteiger partial charge in [-0.2, -0.15) is 0 Å². The molecule has 3 aromatic rings. The first-order valence-electron chi connectivity index (χ1n) is 8.77. The van der Waals surface area contributed by atoms with Crippen LogP contribution in [0, 0.1) is 0 Å². The molecular weight excluding hydrogens is 376 g/mol. The van der Waals surface area contributed by atoms with Crippen molar-refractivity contribution in [3.05, 3.63) is 83.9 Å². The molecular formula is C20H18N4O3S. The fraction of sp³-hybridized carbons (Fsp3) is 0.150. The van der Waals surface area contributed by atoms with Gasteiger partial charge >= 0.3 is 0 Å². The fourth-order valence-electron chi connectivity index (χ4n) is 3.19. The largest absolute Gasteiger partial charge is 0.334 e. The van der Waals surface area contributed by atoms with Crippen molar-refractivity contribution in [3.63, 3.8) is 0 Å². The van der Waals surface area contributed by atoms with Gasteiger partial charge in [-0.3, -0.25) is 19.5 Å². The van der Waals surface area contributed by atoms with Crippen molar-refractivity contribution in [2.45, 2.75) is 17.9 Å². The molecule has 2 aromatic heterocycles. The number of carbonyl (C=O) groups is 1. The summed E-state index contributed by atoms with van der Waals surface area (Å²) in [7, 11) is -3.74. The lowest BCUT2D eigenvalue weighted by Crippen LogP contribution is -2.36. The van der Waals surface area contributed by atoms with E-state index in [2.05, 4.69) is 14.7 Å². The quantitative estimate of drug-likeness (QED) is 0.734. The number of rotatable bonds is 4. The number of aromatic nitrogens is 2. The highest BCUT2D eigenvalue weighted by molar-refractivity contribution is 7.92. The van der Waals surface area contributed by atoms with Crippen molar-refractivity contribution in [3.8, 4) is 0 Å². The average Bonchev–Trinajstić information content (AvgIpc) is 2.73. The Balaban J connectivity index is 1.58. The summed E-state index contributed by atoms with van der Waals surface area (Å²) in [4.78, 5) is 22.4. The maximum atomic E-state index is 12.7. The van der Waals surface area contributed by atoms with Crippen molar-refractivity contribution >= 4 is 21.6 Å². The molecule has 142 valence electrons. The maximum Gasteiger partial charge on any atom is 0.261 e. The molecule has 8 heteroatoms. The summed E-state index contributed by atoms with van der Waals surface area (Å²) in [6.45, 7) is 0.959. The number of nitrogens with one attached hydrogen (secondary N) is 1. The van der Waals surface area contributed by atoms with Crippen molar-refractivity contribution in [2.75, 3.05) is 11.3 Å². The molecule has 1 amide bonds. The molecule has 0 radical (unpaired) electrons. The highest BCUT2D eigenvalue weighted by Crippen LogP contribution is 2.25. The lowest BCUT2D eigenvalue weighted by Gasteiger charge is -2.29. The molecule has 0 aliphatic carbocycles. The molecule has 1 aliphatic rings. The number of hydrogen-bond donors (Lipinski definition) is 1. The third-order valence-corrected chi connectivity index (χ3v) is 6.01. The third-order valence-electron chi connectivity index (χ3n) is 4.63. The van der Waals surface area contributed by atoms with Crippen LogP contribution in [0.15, 0.2) is 72.1 Å². The zero-order chi connectivity index (χ0) is 19.6. The molecule has 0 unspecified atom stereocenters. The fourth-order valence-corrected chi connectivity index (χ4v) is 4.28. The Morgan fingerprint density at radius 3 is 2.57 bits per heavy atom. The molecule has 0 saturated heterocycles. The van der Waals surface area contributed by atoms with Gasteiger partial charge in [0.15, 0.2) is 0 Å². The van der Waals surface area contributed by atoms with Crippen molar-refractivity contribution in [2.24, 2.45) is 0 Å². The van der Waals surface area contributed by atoms with E-state index in [0.29, 0.717) is 30.8 Å². The molecule has 7 nitrogen and oxygen atoms in total. The van der Waals surface area contributed by atoms with Gasteiger partial charge in [-0.05, 0) is 53.9 Å². The number of hydrogen-bond acceptors (Lipinski definition) is 5. The molecule has 28 heavy (non-hydrogen) atoms. The highest BCUT2D eigenvalue weighted by atomic mass is 32.2. The predicted molar refractivity (Wildman–Crippen MR) is 104 cm³/mol. The summed E-state index contributed by atoms with van der Waals surface area (Å²) in [5, 5.41) is 0. The Labute approximate surface area is 163 Å². The summed E-state index contributed by atoms with van der Waals surface area (Å²) in [5.41, 5.74) is 2.86. The second-order valence-corrected chi connectivity index (χ2v) is 8.17. The van der Waals surface area contributed by atoms with Gasteiger partial charge in [0, 0.05) is 37.2 Å². The van der Waals surface area contributed by atoms with Crippen LogP contribution in [0.5, 0.6) is 0 Å². The van der Waals surface area contributed by atoms with E-state index in [1.54, 1.807) is 59.9 Å². The van der Waals surface area contributed by atoms with E-state index in [9.17, 15) is 13.2 Å². The van der Waals surface area contributed by atoms with Gasteiger partial charge in [-0.15, -0.1) is 0 Å². The molecule has 0 spiro atoms. The second kappa shape index (κ2) is 7.40. The number of pyridine rings is 2. The monoisotopic (exact) mass is 394 g/mol. The van der Waals surface area contributed by atoms with E-state index in [1.165, 1.54) is 6.20 Å². The summed E-state index contributed by atoms with van der Waals surface area (Å²) in [6.07, 6.45) is 6.87. The van der Waals surface area contributed by atoms with Crippen LogP contribution in [-0.2, 0) is 23.0 Å². The molecule has 4 rings (SSSR count). The normalized spacial score (nSPS) is 13.6. The lowest BCUT2D eigenvalue weighted by molar-refractivity contribution is 0.0734. The number of anilines is 1. The van der Waals surface area contributed by atoms with Crippen molar-refractivity contribution in [1.29, 1.82) is 0 Å². The van der Waals surface area contributed by atoms with Gasteiger partial charge in [0.25, 0.3) is 15.9 Å². The van der Waals surface area contributed by atoms with Crippen molar-refractivity contribution in [1.82, 2.24) is 14.9 Å². The maximum absolute atomic E-state index is 12.7. The first-order valence-corrected chi connectivity index (χ1v) is 10.3. The van der Waals surface area contributed by atoms with Gasteiger partial charge in [0.1, 0.15) is 0 Å². The van der Waals surface area contributed by atoms with Crippen LogP contribution in [0.3, 0.4) is 0 Å². The highest BCUT2D eigenvalue weighted by Gasteiger charge is 2.24. The van der Waals surface area contributed by atoms with Gasteiger partial charge in [-0.25, -0.2) is 8.42 Å². The molecule has 0 saturated carbocycles. The molecule has 0 atom stereocenters. The van der Waals surface area contributed by atoms with Gasteiger partial charge < -0.3 is 4.90 Å². The number of nitrogens with zero attached hydrogens (tertiary/aromatic N) is 3. The van der Waals surface area contributed by atoms with E-state index in [4.69, 9.17) is 0 Å². The Morgan fingerprint density at radius 2 is 1.82 bits per heavy atom. The standard InChI is InChI=1S/C20H18N4O3S/c25-20(16-5-9-21-10-6-16)24-11-7-15-3-4-19(12-17(15)14-24)28(26,27)23-18-2-1-8-22-13-18/h1-6,8-10,12-13,23H,7,11,14H2. The van der Waals surface area contributed by atoms with E-state index in [-0.39, 0.29) is 10.8 Å². The Kier molecular flexibility index (Phi) is 4.79. The molecule has 0 bridgehead atoms. The van der Waals surface area contributed by atoms with Crippen molar-refractivity contribution < 1.29 is 13.2 Å². The summed E-state index contributed by atoms with van der Waals surface area (Å²) in [6, 6.07) is 11.7. The molecule has 1 N–H and O–H groups in total. The average molecular weight is 394 g/mol. The number of fused-ring (bicyclic) bond motifs is 1. The number of amides is 1. The summed E-state index contributed by atoms with van der Waals surface area (Å²) in [5.74, 6) is -0.0882. The van der Waals surface area contributed by atoms with E-state index < -0.39 is 10.0 Å². The smallest absolute Gasteiger partial charge is 0.261 e. The Morgan fingerprint density at radius 1 is 1.00 bits per heavy atom. The van der Waals surface area contributed by atoms with Crippen LogP contribution in [0.25, 0.3) is 0 Å². The van der Waals surface area contributed by atoms with Crippen LogP contribution in [-0.4, -0.2) is 35.7 Å². The predicted octanol–water partition coefficient (Wildman–Crippen LogP) is 2.48. The lowest BCUT2D eigenvalue weighted by atomic mass is 9.99. The third kappa shape index (κ3) is 3.72. The van der Waals surface area contributed by atoms with E-state index >= 15 is 0 Å². The van der Waals surface area contributed by atoms with Crippen LogP contribution in [0.1, 0.15) is 21.5 Å². The van der Waals surface area contributed by atoms with Gasteiger partial charge in [0.05, 0.1) is 16.8 Å². The zero-order valence-corrected chi connectivity index (χ0v) is 15.8. The second-order valence-electron chi connectivity index (χ2n) is 6.49. The SMILES string of the molecule is O=C(c1ccncc1)N1CCc2ccc(S(=O)(=O)Nc3cccnc3)cc2C1. The molecule has 0 fully saturated rings. The van der Waals surface area contributed by atoms with Gasteiger partial charge in [-0.1, -0.05) is 6.07 Å². The molecule has 3 heterocycles. The van der Waals surface area contributed by atoms with E-state index in [1.807, 2.05) is 6.07 Å². The van der Waals surface area contributed by atoms with E-state index in [0.717, 1.165) is 11.1 Å². The van der Waals surface area contributed by atoms with Gasteiger partial charge in [0.2, 0.25) is 0 Å². The molecule has 1 aliphatic heterocycles. The van der Waals surface area contributed by atoms with Crippen LogP contribution in [0.2, 0.25) is 0 Å². The van der Waals surface area contributed by atoms with Crippen LogP contribution in [0.4, 0.5) is 5.69 Å². The minimum Gasteiger partial charge on any atom is -0.334 e. The van der Waals surface area contributed by atoms with Crippen LogP contribution < -0.4 is 4.72 Å². The summed E-state index contributed by atoms with van der Waals surface area (Å²) < 4.78 is 27.9. The minimum absolute atomic E-state index is 0.0882.